The van der Waals surface area contributed by atoms with Crippen LogP contribution in [0.2, 0.25) is 0 Å². The van der Waals surface area contributed by atoms with E-state index in [4.69, 9.17) is 4.74 Å². The summed E-state index contributed by atoms with van der Waals surface area (Å²) in [6.45, 7) is 4.50. The fourth-order valence-corrected chi connectivity index (χ4v) is 2.29. The first-order valence-electron chi connectivity index (χ1n) is 4.38. The van der Waals surface area contributed by atoms with Gasteiger partial charge in [-0.05, 0) is 0 Å². The molecule has 1 aliphatic carbocycles. The van der Waals surface area contributed by atoms with Gasteiger partial charge in [0.1, 0.15) is 0 Å². The van der Waals surface area contributed by atoms with Gasteiger partial charge in [-0.15, -0.1) is 0 Å². The third kappa shape index (κ3) is 2.29. The first-order chi connectivity index (χ1) is 5.65. The first kappa shape index (κ1) is 10.2. The summed E-state index contributed by atoms with van der Waals surface area (Å²) in [7, 11) is 1.74. The van der Waals surface area contributed by atoms with E-state index in [1.54, 1.807) is 7.11 Å². The zero-order chi connectivity index (χ0) is 9.14. The summed E-state index contributed by atoms with van der Waals surface area (Å²) in [5.74, 6) is 1.30. The first-order valence-corrected chi connectivity index (χ1v) is 5.02. The number of methoxy groups -OCH3 is 1. The molecule has 0 unspecified atom stereocenters. The topological polar surface area (TPSA) is 9.23 Å². The quantitative estimate of drug-likeness (QED) is 0.627. The Morgan fingerprint density at radius 2 is 2.33 bits per heavy atom. The molecule has 0 aromatic carbocycles. The molecule has 2 atom stereocenters. The average Bonchev–Trinajstić information content (AvgIpc) is 2.03. The summed E-state index contributed by atoms with van der Waals surface area (Å²) in [5.41, 5.74) is 1.52. The van der Waals surface area contributed by atoms with E-state index in [-0.39, 0.29) is 0 Å². The predicted octanol–water partition coefficient (Wildman–Crippen LogP) is 2.30. The molecule has 0 aromatic heterocycles. The molecule has 0 saturated carbocycles. The van der Waals surface area contributed by atoms with Crippen molar-refractivity contribution in [2.45, 2.75) is 26.7 Å². The van der Waals surface area contributed by atoms with Gasteiger partial charge in [-0.1, -0.05) is 0 Å². The minimum atomic E-state index is 0.582. The molecule has 0 spiro atoms. The molecule has 0 heterocycles. The van der Waals surface area contributed by atoms with Gasteiger partial charge < -0.3 is 0 Å². The fraction of sp³-hybridized carbons (Fsp3) is 0.700. The normalized spacial score (nSPS) is 29.8. The van der Waals surface area contributed by atoms with Crippen LogP contribution in [0.15, 0.2) is 11.6 Å². The van der Waals surface area contributed by atoms with Gasteiger partial charge in [-0.25, -0.2) is 0 Å². The molecule has 0 radical (unpaired) electrons. The van der Waals surface area contributed by atoms with Crippen LogP contribution in [0.1, 0.15) is 26.7 Å². The summed E-state index contributed by atoms with van der Waals surface area (Å²) in [6, 6.07) is 0. The molecule has 0 aliphatic heterocycles. The van der Waals surface area contributed by atoms with Crippen LogP contribution in [0.3, 0.4) is 0 Å². The molecule has 0 fully saturated rings. The van der Waals surface area contributed by atoms with Crippen molar-refractivity contribution in [2.75, 3.05) is 7.11 Å². The Kier molecular flexibility index (Phi) is 3.71. The number of hydrogen-bond donors (Lipinski definition) is 0. The summed E-state index contributed by atoms with van der Waals surface area (Å²) in [4.78, 5) is 0. The summed E-state index contributed by atoms with van der Waals surface area (Å²) >= 11 is 3.01. The molecule has 0 bridgehead atoms. The SMILES string of the molecule is CO[C](=[Cr])[C@H]1CC=C(C)C[C@@H]1C. The van der Waals surface area contributed by atoms with Crippen molar-refractivity contribution in [3.8, 4) is 0 Å². The zero-order valence-corrected chi connectivity index (χ0v) is 9.24. The van der Waals surface area contributed by atoms with E-state index in [2.05, 4.69) is 35.8 Å². The van der Waals surface area contributed by atoms with Crippen LogP contribution >= 0.6 is 0 Å². The Morgan fingerprint density at radius 1 is 1.67 bits per heavy atom. The van der Waals surface area contributed by atoms with Crippen LogP contribution in [0.4, 0.5) is 0 Å². The van der Waals surface area contributed by atoms with Crippen LogP contribution in [0.25, 0.3) is 0 Å². The Labute approximate surface area is 82.8 Å². The van der Waals surface area contributed by atoms with E-state index in [0.29, 0.717) is 11.8 Å². The molecule has 0 aromatic rings. The summed E-state index contributed by atoms with van der Waals surface area (Å²) in [6.07, 6.45) is 4.66. The van der Waals surface area contributed by atoms with E-state index < -0.39 is 0 Å². The third-order valence-electron chi connectivity index (χ3n) is 2.56. The maximum atomic E-state index is 5.23. The second-order valence-electron chi connectivity index (χ2n) is 3.60. The van der Waals surface area contributed by atoms with Crippen LogP contribution in [0, 0.1) is 11.8 Å². The molecule has 0 amide bonds. The Bertz CT molecular complexity index is 208. The maximum absolute atomic E-state index is 5.23. The second kappa shape index (κ2) is 4.37. The molecule has 12 heavy (non-hydrogen) atoms. The van der Waals surface area contributed by atoms with Crippen molar-refractivity contribution >= 4 is 4.57 Å². The zero-order valence-electron chi connectivity index (χ0n) is 7.96. The van der Waals surface area contributed by atoms with Gasteiger partial charge >= 0.3 is 82.4 Å². The summed E-state index contributed by atoms with van der Waals surface area (Å²) in [5, 5.41) is 0. The second-order valence-corrected chi connectivity index (χ2v) is 4.23. The molecule has 0 saturated heterocycles. The van der Waals surface area contributed by atoms with E-state index in [0.717, 1.165) is 11.0 Å². The molecular formula is C10H16CrO. The Hall–Kier alpha value is 0.102. The molecule has 0 N–H and O–H groups in total. The van der Waals surface area contributed by atoms with Gasteiger partial charge in [0.15, 0.2) is 0 Å². The van der Waals surface area contributed by atoms with Crippen molar-refractivity contribution in [3.05, 3.63) is 11.6 Å². The van der Waals surface area contributed by atoms with Gasteiger partial charge in [0, 0.05) is 0 Å². The van der Waals surface area contributed by atoms with Gasteiger partial charge in [0.05, 0.1) is 0 Å². The molecule has 68 valence electrons. The van der Waals surface area contributed by atoms with Crippen LogP contribution in [0.5, 0.6) is 0 Å². The van der Waals surface area contributed by atoms with Crippen molar-refractivity contribution in [3.63, 3.8) is 0 Å². The standard InChI is InChI=1S/C10H16O.Cr/c1-8-4-5-10(7-11-3)9(2)6-8;/h4,9-10H,5-6H2,1-3H3;/t9-,10+;/m0./s1. The Balaban J connectivity index is 2.63. The average molecular weight is 204 g/mol. The van der Waals surface area contributed by atoms with Crippen molar-refractivity contribution in [1.82, 2.24) is 0 Å². The molecule has 1 nitrogen and oxygen atoms in total. The van der Waals surface area contributed by atoms with Crippen LogP contribution < -0.4 is 0 Å². The van der Waals surface area contributed by atoms with Crippen molar-refractivity contribution in [1.29, 1.82) is 0 Å². The van der Waals surface area contributed by atoms with Crippen molar-refractivity contribution in [2.24, 2.45) is 11.8 Å². The number of ether oxygens (including phenoxy) is 1. The third-order valence-corrected chi connectivity index (χ3v) is 3.29. The summed E-state index contributed by atoms with van der Waals surface area (Å²) < 4.78 is 6.29. The predicted molar refractivity (Wildman–Crippen MR) is 47.7 cm³/mol. The Morgan fingerprint density at radius 3 is 2.83 bits per heavy atom. The van der Waals surface area contributed by atoms with E-state index in [1.165, 1.54) is 12.0 Å². The van der Waals surface area contributed by atoms with Gasteiger partial charge in [0.2, 0.25) is 0 Å². The number of rotatable bonds is 2. The van der Waals surface area contributed by atoms with Crippen molar-refractivity contribution < 1.29 is 20.6 Å². The number of allylic oxidation sites excluding steroid dienone is 2. The van der Waals surface area contributed by atoms with E-state index >= 15 is 0 Å². The van der Waals surface area contributed by atoms with Gasteiger partial charge in [0.25, 0.3) is 0 Å². The van der Waals surface area contributed by atoms with E-state index in [1.807, 2.05) is 0 Å². The molecular weight excluding hydrogens is 188 g/mol. The van der Waals surface area contributed by atoms with Gasteiger partial charge in [-0.2, -0.15) is 0 Å². The monoisotopic (exact) mass is 204 g/mol. The van der Waals surface area contributed by atoms with E-state index in [9.17, 15) is 0 Å². The molecule has 1 aliphatic rings. The van der Waals surface area contributed by atoms with Crippen LogP contribution in [-0.2, 0) is 20.6 Å². The molecule has 2 heteroatoms. The fourth-order valence-electron chi connectivity index (χ4n) is 1.77. The molecule has 1 rings (SSSR count). The number of hydrogen-bond acceptors (Lipinski definition) is 1. The van der Waals surface area contributed by atoms with Gasteiger partial charge in [-0.3, -0.25) is 0 Å². The van der Waals surface area contributed by atoms with Crippen LogP contribution in [-0.4, -0.2) is 11.7 Å². The minimum absolute atomic E-state index is 0.582.